The van der Waals surface area contributed by atoms with Gasteiger partial charge in [0.2, 0.25) is 5.91 Å². The van der Waals surface area contributed by atoms with E-state index >= 15 is 0 Å². The molecule has 0 N–H and O–H groups in total. The Morgan fingerprint density at radius 1 is 0.783 bits per heavy atom. The molecule has 1 saturated carbocycles. The fourth-order valence-electron chi connectivity index (χ4n) is 4.36. The first kappa shape index (κ1) is 14.5. The first-order valence-electron chi connectivity index (χ1n) is 8.79. The fraction of sp³-hybridized carbons (Fsp3) is 0.381. The van der Waals surface area contributed by atoms with Gasteiger partial charge in [0.25, 0.3) is 0 Å². The summed E-state index contributed by atoms with van der Waals surface area (Å²) in [6.45, 7) is 0. The summed E-state index contributed by atoms with van der Waals surface area (Å²) in [7, 11) is 0. The standard InChI is InChI=1S/C21H23NO/c23-21-19(16-10-4-1-5-11-16)20(17-12-6-2-7-13-17)22(21)18-14-8-3-9-15-18/h1,3-5,8-11,14-15,17,19-20H,2,6-7,12-13H2/t19-,20+/m0/s1. The molecule has 2 heteroatoms. The van der Waals surface area contributed by atoms with E-state index in [9.17, 15) is 4.79 Å². The van der Waals surface area contributed by atoms with Crippen molar-refractivity contribution in [2.45, 2.75) is 44.1 Å². The average Bonchev–Trinajstić information content (AvgIpc) is 2.62. The molecule has 1 aliphatic heterocycles. The zero-order valence-corrected chi connectivity index (χ0v) is 13.4. The highest BCUT2D eigenvalue weighted by atomic mass is 16.2. The van der Waals surface area contributed by atoms with Crippen molar-refractivity contribution in [1.82, 2.24) is 0 Å². The molecule has 1 saturated heterocycles. The summed E-state index contributed by atoms with van der Waals surface area (Å²) in [5.41, 5.74) is 2.24. The maximum Gasteiger partial charge on any atom is 0.236 e. The number of hydrogen-bond donors (Lipinski definition) is 0. The van der Waals surface area contributed by atoms with E-state index in [4.69, 9.17) is 0 Å². The lowest BCUT2D eigenvalue weighted by Crippen LogP contribution is -2.63. The quantitative estimate of drug-likeness (QED) is 0.748. The average molecular weight is 305 g/mol. The normalized spacial score (nSPS) is 25.2. The van der Waals surface area contributed by atoms with Crippen molar-refractivity contribution in [2.75, 3.05) is 4.90 Å². The van der Waals surface area contributed by atoms with Gasteiger partial charge in [0.1, 0.15) is 0 Å². The van der Waals surface area contributed by atoms with Gasteiger partial charge < -0.3 is 4.90 Å². The highest BCUT2D eigenvalue weighted by Gasteiger charge is 2.51. The van der Waals surface area contributed by atoms with E-state index in [0.29, 0.717) is 12.0 Å². The maximum absolute atomic E-state index is 12.9. The summed E-state index contributed by atoms with van der Waals surface area (Å²) >= 11 is 0. The second-order valence-electron chi connectivity index (χ2n) is 6.82. The predicted molar refractivity (Wildman–Crippen MR) is 93.5 cm³/mol. The molecule has 0 unspecified atom stereocenters. The van der Waals surface area contributed by atoms with Gasteiger partial charge in [0, 0.05) is 5.69 Å². The van der Waals surface area contributed by atoms with Crippen molar-refractivity contribution in [3.05, 3.63) is 66.2 Å². The Balaban J connectivity index is 1.68. The molecule has 1 amide bonds. The SMILES string of the molecule is O=C1[C@@H](c2ccccc2)[C@@H](C2CCCCC2)N1c1ccccc1. The van der Waals surface area contributed by atoms with Gasteiger partial charge in [-0.2, -0.15) is 0 Å². The predicted octanol–water partition coefficient (Wildman–Crippen LogP) is 4.77. The number of β-lactam (4-membered cyclic amide) rings is 1. The maximum atomic E-state index is 12.9. The zero-order valence-electron chi connectivity index (χ0n) is 13.4. The van der Waals surface area contributed by atoms with Crippen LogP contribution in [0.3, 0.4) is 0 Å². The van der Waals surface area contributed by atoms with E-state index in [1.54, 1.807) is 0 Å². The molecule has 2 fully saturated rings. The third-order valence-corrected chi connectivity index (χ3v) is 5.47. The number of carbonyl (C=O) groups is 1. The smallest absolute Gasteiger partial charge is 0.236 e. The number of anilines is 1. The van der Waals surface area contributed by atoms with Crippen LogP contribution in [0.1, 0.15) is 43.6 Å². The Morgan fingerprint density at radius 2 is 1.39 bits per heavy atom. The molecule has 2 nitrogen and oxygen atoms in total. The van der Waals surface area contributed by atoms with E-state index in [-0.39, 0.29) is 11.8 Å². The van der Waals surface area contributed by atoms with Crippen LogP contribution in [0.2, 0.25) is 0 Å². The minimum atomic E-state index is 0.0412. The van der Waals surface area contributed by atoms with E-state index in [0.717, 1.165) is 5.69 Å². The van der Waals surface area contributed by atoms with Crippen LogP contribution in [0.5, 0.6) is 0 Å². The molecule has 23 heavy (non-hydrogen) atoms. The lowest BCUT2D eigenvalue weighted by atomic mass is 9.70. The van der Waals surface area contributed by atoms with Crippen molar-refractivity contribution in [1.29, 1.82) is 0 Å². The Kier molecular flexibility index (Phi) is 3.90. The molecule has 118 valence electrons. The van der Waals surface area contributed by atoms with E-state index in [2.05, 4.69) is 29.2 Å². The Morgan fingerprint density at radius 3 is 2.04 bits per heavy atom. The second kappa shape index (κ2) is 6.19. The van der Waals surface area contributed by atoms with Gasteiger partial charge in [-0.15, -0.1) is 0 Å². The van der Waals surface area contributed by atoms with Crippen LogP contribution in [-0.4, -0.2) is 11.9 Å². The highest BCUT2D eigenvalue weighted by Crippen LogP contribution is 2.46. The zero-order chi connectivity index (χ0) is 15.6. The van der Waals surface area contributed by atoms with Crippen LogP contribution in [0.15, 0.2) is 60.7 Å². The molecule has 2 aromatic rings. The molecule has 2 aromatic carbocycles. The minimum absolute atomic E-state index is 0.0412. The molecular weight excluding hydrogens is 282 g/mol. The monoisotopic (exact) mass is 305 g/mol. The Bertz CT molecular complexity index is 611. The molecule has 2 aliphatic rings. The number of amides is 1. The van der Waals surface area contributed by atoms with Crippen LogP contribution < -0.4 is 4.90 Å². The summed E-state index contributed by atoms with van der Waals surface area (Å²) in [4.78, 5) is 15.0. The third kappa shape index (κ3) is 2.56. The van der Waals surface area contributed by atoms with Crippen LogP contribution in [0, 0.1) is 5.92 Å². The van der Waals surface area contributed by atoms with Crippen LogP contribution in [-0.2, 0) is 4.79 Å². The summed E-state index contributed by atoms with van der Waals surface area (Å²) in [5, 5.41) is 0. The molecule has 0 radical (unpaired) electrons. The molecule has 2 atom stereocenters. The fourth-order valence-corrected chi connectivity index (χ4v) is 4.36. The number of hydrogen-bond acceptors (Lipinski definition) is 1. The Labute approximate surface area is 138 Å². The Hall–Kier alpha value is -2.09. The number of benzene rings is 2. The molecular formula is C21H23NO. The first-order chi connectivity index (χ1) is 11.4. The van der Waals surface area contributed by atoms with Gasteiger partial charge in [0.15, 0.2) is 0 Å². The number of nitrogens with zero attached hydrogens (tertiary/aromatic N) is 1. The van der Waals surface area contributed by atoms with Gasteiger partial charge in [-0.3, -0.25) is 4.79 Å². The van der Waals surface area contributed by atoms with E-state index in [1.165, 1.54) is 37.7 Å². The van der Waals surface area contributed by atoms with Crippen LogP contribution >= 0.6 is 0 Å². The van der Waals surface area contributed by atoms with Crippen molar-refractivity contribution < 1.29 is 4.79 Å². The molecule has 4 rings (SSSR count). The van der Waals surface area contributed by atoms with Gasteiger partial charge in [-0.25, -0.2) is 0 Å². The first-order valence-corrected chi connectivity index (χ1v) is 8.79. The molecule has 1 aliphatic carbocycles. The largest absolute Gasteiger partial charge is 0.307 e. The van der Waals surface area contributed by atoms with Crippen molar-refractivity contribution in [3.63, 3.8) is 0 Å². The van der Waals surface area contributed by atoms with Crippen molar-refractivity contribution >= 4 is 11.6 Å². The summed E-state index contributed by atoms with van der Waals surface area (Å²) < 4.78 is 0. The lowest BCUT2D eigenvalue weighted by Gasteiger charge is -2.52. The topological polar surface area (TPSA) is 20.3 Å². The molecule has 0 spiro atoms. The van der Waals surface area contributed by atoms with Gasteiger partial charge >= 0.3 is 0 Å². The summed E-state index contributed by atoms with van der Waals surface area (Å²) in [6, 6.07) is 20.9. The van der Waals surface area contributed by atoms with Crippen LogP contribution in [0.4, 0.5) is 5.69 Å². The third-order valence-electron chi connectivity index (χ3n) is 5.47. The molecule has 1 heterocycles. The van der Waals surface area contributed by atoms with Crippen LogP contribution in [0.25, 0.3) is 0 Å². The lowest BCUT2D eigenvalue weighted by molar-refractivity contribution is -0.127. The van der Waals surface area contributed by atoms with Crippen molar-refractivity contribution in [2.24, 2.45) is 5.92 Å². The summed E-state index contributed by atoms with van der Waals surface area (Å²) in [6.07, 6.45) is 6.47. The second-order valence-corrected chi connectivity index (χ2v) is 6.82. The van der Waals surface area contributed by atoms with Gasteiger partial charge in [0.05, 0.1) is 12.0 Å². The van der Waals surface area contributed by atoms with Gasteiger partial charge in [-0.1, -0.05) is 67.8 Å². The molecule has 0 bridgehead atoms. The molecule has 0 aromatic heterocycles. The van der Waals surface area contributed by atoms with E-state index in [1.807, 2.05) is 36.4 Å². The number of para-hydroxylation sites is 1. The number of rotatable bonds is 3. The van der Waals surface area contributed by atoms with E-state index < -0.39 is 0 Å². The number of carbonyl (C=O) groups excluding carboxylic acids is 1. The van der Waals surface area contributed by atoms with Crippen molar-refractivity contribution in [3.8, 4) is 0 Å². The summed E-state index contributed by atoms with van der Waals surface area (Å²) in [5.74, 6) is 0.935. The minimum Gasteiger partial charge on any atom is -0.307 e. The highest BCUT2D eigenvalue weighted by molar-refractivity contribution is 6.06. The van der Waals surface area contributed by atoms with Gasteiger partial charge in [-0.05, 0) is 36.5 Å².